The van der Waals surface area contributed by atoms with E-state index in [0.29, 0.717) is 28.6 Å². The van der Waals surface area contributed by atoms with E-state index in [1.54, 1.807) is 12.1 Å². The first-order valence-electron chi connectivity index (χ1n) is 12.7. The lowest BCUT2D eigenvalue weighted by atomic mass is 9.49. The van der Waals surface area contributed by atoms with Crippen LogP contribution < -0.4 is 5.32 Å². The van der Waals surface area contributed by atoms with Crippen molar-refractivity contribution in [2.45, 2.75) is 84.2 Å². The average Bonchev–Trinajstić information content (AvgIpc) is 2.70. The summed E-state index contributed by atoms with van der Waals surface area (Å²) in [6, 6.07) is 6.18. The summed E-state index contributed by atoms with van der Waals surface area (Å²) in [7, 11) is 2.28. The normalized spacial score (nSPS) is 29.5. The van der Waals surface area contributed by atoms with Gasteiger partial charge < -0.3 is 15.0 Å². The molecule has 1 atom stereocenters. The number of carbonyl (C=O) groups excluding carboxylic acids is 1. The Bertz CT molecular complexity index is 774. The summed E-state index contributed by atoms with van der Waals surface area (Å²) >= 11 is 6.28. The van der Waals surface area contributed by atoms with Crippen LogP contribution in [-0.2, 0) is 4.74 Å². The lowest BCUT2D eigenvalue weighted by Gasteiger charge is -2.58. The Kier molecular flexibility index (Phi) is 7.41. The van der Waals surface area contributed by atoms with Gasteiger partial charge in [0.25, 0.3) is 0 Å². The van der Waals surface area contributed by atoms with Gasteiger partial charge in [-0.05, 0) is 114 Å². The van der Waals surface area contributed by atoms with Crippen LogP contribution in [0.3, 0.4) is 0 Å². The van der Waals surface area contributed by atoms with E-state index in [1.165, 1.54) is 45.1 Å². The average molecular weight is 461 g/mol. The van der Waals surface area contributed by atoms with Gasteiger partial charge >= 0.3 is 5.97 Å². The molecule has 4 bridgehead atoms. The van der Waals surface area contributed by atoms with Gasteiger partial charge in [0, 0.05) is 24.3 Å². The zero-order valence-electron chi connectivity index (χ0n) is 20.3. The maximum atomic E-state index is 12.7. The topological polar surface area (TPSA) is 41.6 Å². The quantitative estimate of drug-likeness (QED) is 0.397. The summed E-state index contributed by atoms with van der Waals surface area (Å²) in [5.74, 6) is 2.63. The second kappa shape index (κ2) is 9.93. The molecule has 0 aromatic heterocycles. The van der Waals surface area contributed by atoms with Crippen LogP contribution in [0.2, 0.25) is 5.02 Å². The van der Waals surface area contributed by atoms with Crippen molar-refractivity contribution in [3.63, 3.8) is 0 Å². The molecule has 4 fully saturated rings. The van der Waals surface area contributed by atoms with Crippen molar-refractivity contribution >= 4 is 23.3 Å². The molecule has 4 aliphatic carbocycles. The van der Waals surface area contributed by atoms with E-state index >= 15 is 0 Å². The molecule has 1 N–H and O–H groups in total. The zero-order chi connectivity index (χ0) is 22.9. The third kappa shape index (κ3) is 5.44. The van der Waals surface area contributed by atoms with E-state index in [0.717, 1.165) is 36.3 Å². The number of esters is 1. The summed E-state index contributed by atoms with van der Waals surface area (Å²) < 4.78 is 5.67. The van der Waals surface area contributed by atoms with E-state index in [1.807, 2.05) is 6.07 Å². The lowest BCUT2D eigenvalue weighted by molar-refractivity contribution is -0.0718. The molecule has 0 heterocycles. The smallest absolute Gasteiger partial charge is 0.339 e. The van der Waals surface area contributed by atoms with Crippen molar-refractivity contribution in [2.24, 2.45) is 23.2 Å². The Morgan fingerprint density at radius 2 is 1.81 bits per heavy atom. The van der Waals surface area contributed by atoms with E-state index in [4.69, 9.17) is 16.3 Å². The Hall–Kier alpha value is -1.26. The Balaban J connectivity index is 1.29. The molecule has 5 rings (SSSR count). The molecule has 0 saturated heterocycles. The number of nitrogens with one attached hydrogen (secondary N) is 1. The van der Waals surface area contributed by atoms with Gasteiger partial charge in [0.15, 0.2) is 0 Å². The first-order valence-corrected chi connectivity index (χ1v) is 13.1. The van der Waals surface area contributed by atoms with Crippen molar-refractivity contribution in [3.05, 3.63) is 28.8 Å². The number of hydrogen-bond acceptors (Lipinski definition) is 4. The van der Waals surface area contributed by atoms with Crippen LogP contribution in [0, 0.1) is 23.2 Å². The number of nitrogens with zero attached hydrogens (tertiary/aromatic N) is 1. The highest BCUT2D eigenvalue weighted by Gasteiger charge is 2.51. The van der Waals surface area contributed by atoms with E-state index < -0.39 is 0 Å². The van der Waals surface area contributed by atoms with Crippen LogP contribution in [0.4, 0.5) is 5.69 Å². The minimum Gasteiger partial charge on any atom is -0.462 e. The number of carbonyl (C=O) groups is 1. The van der Waals surface area contributed by atoms with Gasteiger partial charge in [0.1, 0.15) is 0 Å². The molecule has 1 aromatic rings. The summed E-state index contributed by atoms with van der Waals surface area (Å²) in [4.78, 5) is 15.3. The molecule has 0 aliphatic heterocycles. The number of halogens is 1. The van der Waals surface area contributed by atoms with Crippen molar-refractivity contribution in [3.8, 4) is 0 Å². The summed E-state index contributed by atoms with van der Waals surface area (Å²) in [5.41, 5.74) is 1.87. The summed E-state index contributed by atoms with van der Waals surface area (Å²) in [5, 5.41) is 3.75. The first kappa shape index (κ1) is 23.9. The van der Waals surface area contributed by atoms with E-state index in [-0.39, 0.29) is 12.0 Å². The largest absolute Gasteiger partial charge is 0.462 e. The summed E-state index contributed by atoms with van der Waals surface area (Å²) in [6.07, 6.45) is 10.7. The van der Waals surface area contributed by atoms with Gasteiger partial charge in [-0.2, -0.15) is 0 Å². The minimum absolute atomic E-state index is 0.287. The van der Waals surface area contributed by atoms with Crippen LogP contribution in [0.15, 0.2) is 18.2 Å². The van der Waals surface area contributed by atoms with Crippen molar-refractivity contribution in [2.75, 3.05) is 25.5 Å². The zero-order valence-corrected chi connectivity index (χ0v) is 21.1. The van der Waals surface area contributed by atoms with Gasteiger partial charge in [-0.1, -0.05) is 18.5 Å². The molecule has 5 heteroatoms. The fourth-order valence-electron chi connectivity index (χ4n) is 7.35. The molecule has 1 unspecified atom stereocenters. The highest BCUT2D eigenvalue weighted by Crippen LogP contribution is 2.60. The van der Waals surface area contributed by atoms with Crippen molar-refractivity contribution in [1.29, 1.82) is 0 Å². The number of anilines is 1. The van der Waals surface area contributed by atoms with Crippen molar-refractivity contribution in [1.82, 2.24) is 4.90 Å². The highest BCUT2D eigenvalue weighted by molar-refractivity contribution is 6.33. The second-order valence-corrected chi connectivity index (χ2v) is 11.7. The van der Waals surface area contributed by atoms with Gasteiger partial charge in [-0.25, -0.2) is 4.79 Å². The molecule has 0 spiro atoms. The molecule has 178 valence electrons. The van der Waals surface area contributed by atoms with Gasteiger partial charge in [-0.3, -0.25) is 0 Å². The Morgan fingerprint density at radius 3 is 2.38 bits per heavy atom. The molecule has 4 saturated carbocycles. The van der Waals surface area contributed by atoms with Crippen molar-refractivity contribution < 1.29 is 9.53 Å². The molecule has 4 aliphatic rings. The molecular formula is C27H41ClN2O2. The number of hydrogen-bond donors (Lipinski definition) is 1. The molecule has 1 aromatic carbocycles. The number of ether oxygens (including phenoxy) is 1. The van der Waals surface area contributed by atoms with Crippen LogP contribution >= 0.6 is 11.6 Å². The number of benzene rings is 1. The third-order valence-electron chi connectivity index (χ3n) is 8.17. The standard InChI is InChI=1S/C27H41ClN2O2/c1-5-23(30(4)17-27-14-19-10-20(15-27)12-21(11-19)16-27)8-9-32-26(31)24-13-22(29-18(2)3)6-7-25(24)28/h6-7,13,18-21,23,29H,5,8-12,14-17H2,1-4H3. The molecule has 0 radical (unpaired) electrons. The van der Waals surface area contributed by atoms with Gasteiger partial charge in [0.05, 0.1) is 17.2 Å². The predicted molar refractivity (Wildman–Crippen MR) is 132 cm³/mol. The maximum absolute atomic E-state index is 12.7. The van der Waals surface area contributed by atoms with Gasteiger partial charge in [0.2, 0.25) is 0 Å². The number of rotatable bonds is 10. The van der Waals surface area contributed by atoms with Crippen LogP contribution in [0.5, 0.6) is 0 Å². The fourth-order valence-corrected chi connectivity index (χ4v) is 7.54. The predicted octanol–water partition coefficient (Wildman–Crippen LogP) is 6.63. The maximum Gasteiger partial charge on any atom is 0.339 e. The van der Waals surface area contributed by atoms with Crippen LogP contribution in [0.25, 0.3) is 0 Å². The molecular weight excluding hydrogens is 420 g/mol. The summed E-state index contributed by atoms with van der Waals surface area (Å²) in [6.45, 7) is 8.02. The Morgan fingerprint density at radius 1 is 1.19 bits per heavy atom. The van der Waals surface area contributed by atoms with Crippen LogP contribution in [0.1, 0.15) is 82.5 Å². The van der Waals surface area contributed by atoms with Crippen LogP contribution in [-0.4, -0.2) is 43.2 Å². The monoisotopic (exact) mass is 460 g/mol. The fraction of sp³-hybridized carbons (Fsp3) is 0.741. The van der Waals surface area contributed by atoms with E-state index in [9.17, 15) is 4.79 Å². The molecule has 4 nitrogen and oxygen atoms in total. The molecule has 0 amide bonds. The van der Waals surface area contributed by atoms with Gasteiger partial charge in [-0.15, -0.1) is 0 Å². The second-order valence-electron chi connectivity index (χ2n) is 11.3. The minimum atomic E-state index is -0.332. The molecule has 32 heavy (non-hydrogen) atoms. The lowest BCUT2D eigenvalue weighted by Crippen LogP contribution is -2.52. The third-order valence-corrected chi connectivity index (χ3v) is 8.50. The van der Waals surface area contributed by atoms with E-state index in [2.05, 4.69) is 38.0 Å². The Labute approximate surface area is 199 Å². The first-order chi connectivity index (χ1) is 15.3. The highest BCUT2D eigenvalue weighted by atomic mass is 35.5. The SMILES string of the molecule is CCC(CCOC(=O)c1cc(NC(C)C)ccc1Cl)N(C)CC12CC3CC(CC(C3)C1)C2.